The van der Waals surface area contributed by atoms with Crippen LogP contribution in [0.4, 0.5) is 0 Å². The zero-order valence-electron chi connectivity index (χ0n) is 11.8. The normalized spacial score (nSPS) is 12.2. The molecule has 0 aliphatic heterocycles. The Bertz CT molecular complexity index is 542. The van der Waals surface area contributed by atoms with Crippen LogP contribution >= 0.6 is 15.9 Å². The van der Waals surface area contributed by atoms with E-state index in [0.29, 0.717) is 0 Å². The fourth-order valence-corrected chi connectivity index (χ4v) is 2.61. The zero-order valence-corrected chi connectivity index (χ0v) is 13.4. The second kappa shape index (κ2) is 7.41. The van der Waals surface area contributed by atoms with Crippen LogP contribution in [-0.2, 0) is 6.42 Å². The predicted octanol–water partition coefficient (Wildman–Crippen LogP) is 3.75. The first-order valence-electron chi connectivity index (χ1n) is 6.69. The average Bonchev–Trinajstić information content (AvgIpc) is 2.47. The van der Waals surface area contributed by atoms with Crippen LogP contribution in [-0.4, -0.2) is 18.6 Å². The highest BCUT2D eigenvalue weighted by molar-refractivity contribution is 9.10. The van der Waals surface area contributed by atoms with Gasteiger partial charge >= 0.3 is 0 Å². The monoisotopic (exact) mass is 334 g/mol. The first-order valence-corrected chi connectivity index (χ1v) is 7.49. The van der Waals surface area contributed by atoms with Crippen LogP contribution in [0.1, 0.15) is 24.1 Å². The Labute approximate surface area is 128 Å². The van der Waals surface area contributed by atoms with Crippen molar-refractivity contribution in [1.29, 1.82) is 0 Å². The van der Waals surface area contributed by atoms with E-state index in [-0.39, 0.29) is 6.04 Å². The summed E-state index contributed by atoms with van der Waals surface area (Å²) in [6.07, 6.45) is 4.63. The molecule has 0 aliphatic carbocycles. The van der Waals surface area contributed by atoms with E-state index in [1.807, 2.05) is 18.3 Å². The summed E-state index contributed by atoms with van der Waals surface area (Å²) in [6.45, 7) is 3.05. The maximum Gasteiger partial charge on any atom is 0.118 e. The van der Waals surface area contributed by atoms with Gasteiger partial charge in [0.1, 0.15) is 5.75 Å². The van der Waals surface area contributed by atoms with Crippen molar-refractivity contribution in [2.24, 2.45) is 0 Å². The van der Waals surface area contributed by atoms with E-state index in [4.69, 9.17) is 4.74 Å². The molecule has 0 spiro atoms. The standard InChI is InChI=1S/C16H19BrN2O/c1-3-19-16(9-12-8-14(17)11-18-10-12)13-4-6-15(20-2)7-5-13/h4-8,10-11,16,19H,3,9H2,1-2H3. The van der Waals surface area contributed by atoms with E-state index >= 15 is 0 Å². The van der Waals surface area contributed by atoms with E-state index in [2.05, 4.69) is 51.4 Å². The molecule has 3 nitrogen and oxygen atoms in total. The maximum absolute atomic E-state index is 5.21. The number of likely N-dealkylation sites (N-methyl/N-ethyl adjacent to an activating group) is 1. The van der Waals surface area contributed by atoms with Gasteiger partial charge in [0, 0.05) is 22.9 Å². The van der Waals surface area contributed by atoms with E-state index in [1.165, 1.54) is 11.1 Å². The van der Waals surface area contributed by atoms with Gasteiger partial charge in [-0.2, -0.15) is 0 Å². The van der Waals surface area contributed by atoms with Gasteiger partial charge in [0.15, 0.2) is 0 Å². The van der Waals surface area contributed by atoms with Gasteiger partial charge in [-0.25, -0.2) is 0 Å². The Morgan fingerprint density at radius 2 is 2.00 bits per heavy atom. The Balaban J connectivity index is 2.17. The van der Waals surface area contributed by atoms with Crippen molar-refractivity contribution in [2.75, 3.05) is 13.7 Å². The number of nitrogens with one attached hydrogen (secondary N) is 1. The number of rotatable bonds is 6. The highest BCUT2D eigenvalue weighted by Crippen LogP contribution is 2.22. The minimum atomic E-state index is 0.280. The number of nitrogens with zero attached hydrogens (tertiary/aromatic N) is 1. The van der Waals surface area contributed by atoms with Crippen LogP contribution in [0.25, 0.3) is 0 Å². The second-order valence-corrected chi connectivity index (χ2v) is 5.51. The first kappa shape index (κ1) is 15.0. The summed E-state index contributed by atoms with van der Waals surface area (Å²) < 4.78 is 6.22. The third kappa shape index (κ3) is 4.05. The van der Waals surface area contributed by atoms with Gasteiger partial charge in [-0.05, 0) is 58.2 Å². The van der Waals surface area contributed by atoms with Crippen LogP contribution < -0.4 is 10.1 Å². The number of hydrogen-bond donors (Lipinski definition) is 1. The van der Waals surface area contributed by atoms with E-state index in [9.17, 15) is 0 Å². The minimum absolute atomic E-state index is 0.280. The summed E-state index contributed by atoms with van der Waals surface area (Å²) in [5.74, 6) is 0.883. The molecule has 2 rings (SSSR count). The van der Waals surface area contributed by atoms with Gasteiger partial charge in [0.05, 0.1) is 7.11 Å². The van der Waals surface area contributed by atoms with Crippen LogP contribution in [0.5, 0.6) is 5.75 Å². The molecule has 0 aliphatic rings. The molecule has 1 aromatic carbocycles. The third-order valence-electron chi connectivity index (χ3n) is 3.17. The molecule has 0 radical (unpaired) electrons. The molecule has 0 amide bonds. The number of aromatic nitrogens is 1. The summed E-state index contributed by atoms with van der Waals surface area (Å²) in [4.78, 5) is 4.22. The molecule has 1 heterocycles. The van der Waals surface area contributed by atoms with E-state index in [0.717, 1.165) is 23.2 Å². The fraction of sp³-hybridized carbons (Fsp3) is 0.312. The van der Waals surface area contributed by atoms with Gasteiger partial charge < -0.3 is 10.1 Å². The predicted molar refractivity (Wildman–Crippen MR) is 85.1 cm³/mol. The molecule has 0 bridgehead atoms. The highest BCUT2D eigenvalue weighted by Gasteiger charge is 2.11. The van der Waals surface area contributed by atoms with Gasteiger partial charge in [-0.1, -0.05) is 19.1 Å². The number of ether oxygens (including phenoxy) is 1. The quantitative estimate of drug-likeness (QED) is 0.873. The summed E-state index contributed by atoms with van der Waals surface area (Å²) in [5, 5.41) is 3.52. The lowest BCUT2D eigenvalue weighted by Crippen LogP contribution is -2.23. The van der Waals surface area contributed by atoms with Crippen molar-refractivity contribution < 1.29 is 4.74 Å². The first-order chi connectivity index (χ1) is 9.72. The smallest absolute Gasteiger partial charge is 0.118 e. The van der Waals surface area contributed by atoms with Crippen molar-refractivity contribution in [2.45, 2.75) is 19.4 Å². The number of hydrogen-bond acceptors (Lipinski definition) is 3. The largest absolute Gasteiger partial charge is 0.497 e. The lowest BCUT2D eigenvalue weighted by Gasteiger charge is -2.19. The molecule has 0 saturated heterocycles. The van der Waals surface area contributed by atoms with Gasteiger partial charge in [-0.3, -0.25) is 4.98 Å². The molecule has 2 aromatic rings. The molecule has 1 N–H and O–H groups in total. The molecule has 0 saturated carbocycles. The lowest BCUT2D eigenvalue weighted by molar-refractivity contribution is 0.414. The van der Waals surface area contributed by atoms with E-state index in [1.54, 1.807) is 13.3 Å². The number of benzene rings is 1. The van der Waals surface area contributed by atoms with Crippen LogP contribution in [0.3, 0.4) is 0 Å². The SMILES string of the molecule is CCNC(Cc1cncc(Br)c1)c1ccc(OC)cc1. The number of halogens is 1. The zero-order chi connectivity index (χ0) is 14.4. The van der Waals surface area contributed by atoms with E-state index < -0.39 is 0 Å². The Morgan fingerprint density at radius 3 is 2.60 bits per heavy atom. The van der Waals surface area contributed by atoms with Gasteiger partial charge in [0.2, 0.25) is 0 Å². The molecule has 106 valence electrons. The Kier molecular flexibility index (Phi) is 5.56. The number of methoxy groups -OCH3 is 1. The minimum Gasteiger partial charge on any atom is -0.497 e. The van der Waals surface area contributed by atoms with Crippen molar-refractivity contribution in [3.05, 3.63) is 58.3 Å². The summed E-state index contributed by atoms with van der Waals surface area (Å²) in [6, 6.07) is 10.6. The topological polar surface area (TPSA) is 34.2 Å². The highest BCUT2D eigenvalue weighted by atomic mass is 79.9. The van der Waals surface area contributed by atoms with Crippen LogP contribution in [0.15, 0.2) is 47.2 Å². The summed E-state index contributed by atoms with van der Waals surface area (Å²) in [5.41, 5.74) is 2.47. The van der Waals surface area contributed by atoms with Crippen molar-refractivity contribution in [3.8, 4) is 5.75 Å². The third-order valence-corrected chi connectivity index (χ3v) is 3.60. The average molecular weight is 335 g/mol. The Morgan fingerprint density at radius 1 is 1.25 bits per heavy atom. The van der Waals surface area contributed by atoms with Crippen molar-refractivity contribution in [1.82, 2.24) is 10.3 Å². The molecule has 0 fully saturated rings. The maximum atomic E-state index is 5.21. The molecular formula is C16H19BrN2O. The van der Waals surface area contributed by atoms with Crippen LogP contribution in [0.2, 0.25) is 0 Å². The molecule has 1 aromatic heterocycles. The van der Waals surface area contributed by atoms with Crippen LogP contribution in [0, 0.1) is 0 Å². The second-order valence-electron chi connectivity index (χ2n) is 4.60. The summed E-state index contributed by atoms with van der Waals surface area (Å²) in [7, 11) is 1.68. The lowest BCUT2D eigenvalue weighted by atomic mass is 9.99. The van der Waals surface area contributed by atoms with Gasteiger partial charge in [0.25, 0.3) is 0 Å². The molecule has 20 heavy (non-hydrogen) atoms. The van der Waals surface area contributed by atoms with Crippen molar-refractivity contribution in [3.63, 3.8) is 0 Å². The van der Waals surface area contributed by atoms with Gasteiger partial charge in [-0.15, -0.1) is 0 Å². The number of pyridine rings is 1. The summed E-state index contributed by atoms with van der Waals surface area (Å²) >= 11 is 3.47. The Hall–Kier alpha value is -1.39. The molecule has 4 heteroatoms. The van der Waals surface area contributed by atoms with Crippen molar-refractivity contribution >= 4 is 15.9 Å². The molecular weight excluding hydrogens is 316 g/mol. The molecule has 1 unspecified atom stereocenters. The fourth-order valence-electron chi connectivity index (χ4n) is 2.19. The molecule has 1 atom stereocenters.